The third-order valence-electron chi connectivity index (χ3n) is 3.14. The molecular weight excluding hydrogens is 248 g/mol. The summed E-state index contributed by atoms with van der Waals surface area (Å²) in [5, 5.41) is 6.20. The summed E-state index contributed by atoms with van der Waals surface area (Å²) in [5.74, 6) is 0. The third-order valence-corrected chi connectivity index (χ3v) is 5.04. The van der Waals surface area contributed by atoms with Crippen molar-refractivity contribution in [3.05, 3.63) is 24.3 Å². The van der Waals surface area contributed by atoms with E-state index >= 15 is 0 Å². The second-order valence-electron chi connectivity index (χ2n) is 4.23. The van der Waals surface area contributed by atoms with E-state index in [2.05, 4.69) is 40.7 Å². The average molecular weight is 264 g/mol. The van der Waals surface area contributed by atoms with E-state index in [9.17, 15) is 0 Å². The van der Waals surface area contributed by atoms with Gasteiger partial charge in [0.2, 0.25) is 0 Å². The SMILES string of the molecule is CSc1ccc2sc(N3CCNCC3)cc2c1. The first-order valence-electron chi connectivity index (χ1n) is 5.90. The molecule has 0 spiro atoms. The summed E-state index contributed by atoms with van der Waals surface area (Å²) in [5.41, 5.74) is 0. The highest BCUT2D eigenvalue weighted by Crippen LogP contribution is 2.34. The number of rotatable bonds is 2. The van der Waals surface area contributed by atoms with Crippen molar-refractivity contribution < 1.29 is 0 Å². The lowest BCUT2D eigenvalue weighted by Gasteiger charge is -2.27. The first-order valence-corrected chi connectivity index (χ1v) is 7.94. The number of hydrogen-bond donors (Lipinski definition) is 1. The highest BCUT2D eigenvalue weighted by molar-refractivity contribution is 7.98. The van der Waals surface area contributed by atoms with Crippen LogP contribution in [0.3, 0.4) is 0 Å². The summed E-state index contributed by atoms with van der Waals surface area (Å²) >= 11 is 3.72. The van der Waals surface area contributed by atoms with E-state index < -0.39 is 0 Å². The molecule has 1 aromatic carbocycles. The zero-order valence-electron chi connectivity index (χ0n) is 9.90. The van der Waals surface area contributed by atoms with Crippen molar-refractivity contribution in [3.8, 4) is 0 Å². The van der Waals surface area contributed by atoms with Gasteiger partial charge in [0.25, 0.3) is 0 Å². The van der Waals surface area contributed by atoms with Crippen LogP contribution in [0, 0.1) is 0 Å². The number of hydrogen-bond acceptors (Lipinski definition) is 4. The van der Waals surface area contributed by atoms with Crippen LogP contribution >= 0.6 is 23.1 Å². The number of fused-ring (bicyclic) bond motifs is 1. The van der Waals surface area contributed by atoms with Crippen molar-refractivity contribution in [2.24, 2.45) is 0 Å². The summed E-state index contributed by atoms with van der Waals surface area (Å²) in [6, 6.07) is 9.09. The maximum absolute atomic E-state index is 3.40. The van der Waals surface area contributed by atoms with E-state index in [1.807, 2.05) is 23.1 Å². The van der Waals surface area contributed by atoms with Crippen LogP contribution in [0.4, 0.5) is 5.00 Å². The Kier molecular flexibility index (Phi) is 3.27. The van der Waals surface area contributed by atoms with Crippen LogP contribution in [0.15, 0.2) is 29.2 Å². The lowest BCUT2D eigenvalue weighted by Crippen LogP contribution is -2.43. The van der Waals surface area contributed by atoms with Crippen molar-refractivity contribution in [1.29, 1.82) is 0 Å². The summed E-state index contributed by atoms with van der Waals surface area (Å²) in [6.45, 7) is 4.46. The van der Waals surface area contributed by atoms with Crippen LogP contribution in [0.5, 0.6) is 0 Å². The van der Waals surface area contributed by atoms with Crippen LogP contribution in [-0.4, -0.2) is 32.4 Å². The molecule has 1 aromatic heterocycles. The lowest BCUT2D eigenvalue weighted by atomic mass is 10.2. The predicted octanol–water partition coefficient (Wildman–Crippen LogP) is 3.03. The quantitative estimate of drug-likeness (QED) is 0.839. The van der Waals surface area contributed by atoms with Crippen LogP contribution in [-0.2, 0) is 0 Å². The second kappa shape index (κ2) is 4.88. The molecule has 90 valence electrons. The average Bonchev–Trinajstić information content (AvgIpc) is 2.82. The second-order valence-corrected chi connectivity index (χ2v) is 6.17. The zero-order chi connectivity index (χ0) is 11.7. The van der Waals surface area contributed by atoms with Crippen molar-refractivity contribution in [2.75, 3.05) is 37.3 Å². The van der Waals surface area contributed by atoms with Gasteiger partial charge in [-0.25, -0.2) is 0 Å². The van der Waals surface area contributed by atoms with Gasteiger partial charge in [-0.3, -0.25) is 0 Å². The molecule has 2 heterocycles. The van der Waals surface area contributed by atoms with Crippen LogP contribution in [0.1, 0.15) is 0 Å². The van der Waals surface area contributed by atoms with Gasteiger partial charge < -0.3 is 10.2 Å². The number of nitrogens with zero attached hydrogens (tertiary/aromatic N) is 1. The van der Waals surface area contributed by atoms with E-state index in [-0.39, 0.29) is 0 Å². The van der Waals surface area contributed by atoms with Gasteiger partial charge in [-0.2, -0.15) is 0 Å². The summed E-state index contributed by atoms with van der Waals surface area (Å²) in [7, 11) is 0. The van der Waals surface area contributed by atoms with Gasteiger partial charge in [-0.05, 0) is 35.9 Å². The minimum Gasteiger partial charge on any atom is -0.361 e. The van der Waals surface area contributed by atoms with Gasteiger partial charge in [0.15, 0.2) is 0 Å². The van der Waals surface area contributed by atoms with Gasteiger partial charge in [-0.1, -0.05) is 0 Å². The van der Waals surface area contributed by atoms with Crippen molar-refractivity contribution in [1.82, 2.24) is 5.32 Å². The maximum atomic E-state index is 3.40. The van der Waals surface area contributed by atoms with Gasteiger partial charge in [0.1, 0.15) is 0 Å². The number of anilines is 1. The molecule has 0 aliphatic carbocycles. The highest BCUT2D eigenvalue weighted by atomic mass is 32.2. The number of nitrogens with one attached hydrogen (secondary N) is 1. The molecule has 0 unspecified atom stereocenters. The standard InChI is InChI=1S/C13H16N2S2/c1-16-11-2-3-12-10(8-11)9-13(17-12)15-6-4-14-5-7-15/h2-3,8-9,14H,4-7H2,1H3. The fourth-order valence-corrected chi connectivity index (χ4v) is 3.72. The minimum absolute atomic E-state index is 1.10. The first kappa shape index (κ1) is 11.4. The van der Waals surface area contributed by atoms with Gasteiger partial charge in [0, 0.05) is 35.8 Å². The summed E-state index contributed by atoms with van der Waals surface area (Å²) in [4.78, 5) is 3.84. The molecule has 2 aromatic rings. The van der Waals surface area contributed by atoms with Crippen molar-refractivity contribution in [2.45, 2.75) is 4.90 Å². The number of thiophene rings is 1. The number of thioether (sulfide) groups is 1. The van der Waals surface area contributed by atoms with Gasteiger partial charge in [-0.15, -0.1) is 23.1 Å². The molecule has 0 bridgehead atoms. The monoisotopic (exact) mass is 264 g/mol. The third kappa shape index (κ3) is 2.30. The van der Waals surface area contributed by atoms with Crippen LogP contribution < -0.4 is 10.2 Å². The Morgan fingerprint density at radius 3 is 2.82 bits per heavy atom. The molecule has 0 saturated carbocycles. The van der Waals surface area contributed by atoms with Crippen molar-refractivity contribution >= 4 is 38.2 Å². The smallest absolute Gasteiger partial charge is 0.0921 e. The van der Waals surface area contributed by atoms with Crippen LogP contribution in [0.2, 0.25) is 0 Å². The van der Waals surface area contributed by atoms with E-state index in [0.717, 1.165) is 26.2 Å². The molecule has 4 heteroatoms. The van der Waals surface area contributed by atoms with Crippen molar-refractivity contribution in [3.63, 3.8) is 0 Å². The summed E-state index contributed by atoms with van der Waals surface area (Å²) < 4.78 is 1.40. The normalized spacial score (nSPS) is 16.6. The Bertz CT molecular complexity index is 515. The Hall–Kier alpha value is -0.710. The topological polar surface area (TPSA) is 15.3 Å². The molecule has 1 saturated heterocycles. The number of piperazine rings is 1. The summed E-state index contributed by atoms with van der Waals surface area (Å²) in [6.07, 6.45) is 2.13. The molecule has 0 radical (unpaired) electrons. The molecule has 1 fully saturated rings. The molecule has 1 aliphatic heterocycles. The predicted molar refractivity (Wildman–Crippen MR) is 78.7 cm³/mol. The lowest BCUT2D eigenvalue weighted by molar-refractivity contribution is 0.592. The first-order chi connectivity index (χ1) is 8.36. The van der Waals surface area contributed by atoms with E-state index in [1.54, 1.807) is 0 Å². The molecule has 0 atom stereocenters. The molecule has 3 rings (SSSR count). The fourth-order valence-electron chi connectivity index (χ4n) is 2.18. The highest BCUT2D eigenvalue weighted by Gasteiger charge is 2.13. The van der Waals surface area contributed by atoms with E-state index in [4.69, 9.17) is 0 Å². The van der Waals surface area contributed by atoms with E-state index in [1.165, 1.54) is 20.0 Å². The molecular formula is C13H16N2S2. The Morgan fingerprint density at radius 1 is 1.24 bits per heavy atom. The fraction of sp³-hybridized carbons (Fsp3) is 0.385. The Balaban J connectivity index is 1.95. The van der Waals surface area contributed by atoms with Gasteiger partial charge >= 0.3 is 0 Å². The molecule has 0 amide bonds. The number of benzene rings is 1. The zero-order valence-corrected chi connectivity index (χ0v) is 11.5. The molecule has 1 N–H and O–H groups in total. The van der Waals surface area contributed by atoms with E-state index in [0.29, 0.717) is 0 Å². The minimum atomic E-state index is 1.10. The Labute approximate surface area is 110 Å². The molecule has 1 aliphatic rings. The maximum Gasteiger partial charge on any atom is 0.0921 e. The van der Waals surface area contributed by atoms with Crippen LogP contribution in [0.25, 0.3) is 10.1 Å². The van der Waals surface area contributed by atoms with Gasteiger partial charge in [0.05, 0.1) is 5.00 Å². The molecule has 2 nitrogen and oxygen atoms in total. The largest absolute Gasteiger partial charge is 0.361 e. The molecule has 17 heavy (non-hydrogen) atoms. The Morgan fingerprint density at radius 2 is 2.06 bits per heavy atom.